The smallest absolute Gasteiger partial charge is 0.466 e. The molecule has 2 rings (SSSR count). The first kappa shape index (κ1) is 18.7. The van der Waals surface area contributed by atoms with Crippen molar-refractivity contribution in [3.8, 4) is 5.75 Å². The summed E-state index contributed by atoms with van der Waals surface area (Å²) in [5.41, 5.74) is -0.130. The van der Waals surface area contributed by atoms with Crippen LogP contribution in [0.5, 0.6) is 5.75 Å². The van der Waals surface area contributed by atoms with Crippen molar-refractivity contribution in [2.45, 2.75) is 58.1 Å². The van der Waals surface area contributed by atoms with E-state index in [-0.39, 0.29) is 18.2 Å². The molecule has 1 aromatic rings. The van der Waals surface area contributed by atoms with E-state index in [4.69, 9.17) is 18.8 Å². The lowest BCUT2D eigenvalue weighted by Crippen LogP contribution is -2.41. The summed E-state index contributed by atoms with van der Waals surface area (Å²) in [5, 5.41) is 0. The first-order chi connectivity index (χ1) is 11.2. The molecule has 1 aliphatic heterocycles. The number of carbonyl (C=O) groups is 1. The zero-order valence-electron chi connectivity index (χ0n) is 15.3. The number of aromatic nitrogens is 1. The Morgan fingerprint density at radius 3 is 2.42 bits per heavy atom. The van der Waals surface area contributed by atoms with Gasteiger partial charge in [0.1, 0.15) is 5.75 Å². The largest absolute Gasteiger partial charge is 0.495 e. The van der Waals surface area contributed by atoms with Gasteiger partial charge in [-0.05, 0) is 46.2 Å². The van der Waals surface area contributed by atoms with Crippen molar-refractivity contribution in [1.82, 2.24) is 4.98 Å². The molecule has 0 spiro atoms. The number of rotatable bonds is 6. The number of esters is 1. The summed E-state index contributed by atoms with van der Waals surface area (Å²) in [6.45, 7) is 10.1. The number of ether oxygens (including phenoxy) is 2. The predicted octanol–water partition coefficient (Wildman–Crippen LogP) is 2.76. The standard InChI is InChI=1S/C17H26BNO5/c1-7-22-15(20)9-14(12-8-13(21-6)11-19-10-12)18-23-16(2,3)17(4,5)24-18/h8,10-11,14H,7,9H2,1-6H3. The van der Waals surface area contributed by atoms with Gasteiger partial charge in [-0.3, -0.25) is 9.78 Å². The van der Waals surface area contributed by atoms with Crippen LogP contribution >= 0.6 is 0 Å². The molecule has 0 N–H and O–H groups in total. The van der Waals surface area contributed by atoms with Crippen LogP contribution in [-0.2, 0) is 18.8 Å². The van der Waals surface area contributed by atoms with Gasteiger partial charge in [-0.1, -0.05) is 0 Å². The molecule has 2 heterocycles. The average Bonchev–Trinajstić information content (AvgIpc) is 2.73. The Labute approximate surface area is 144 Å². The lowest BCUT2D eigenvalue weighted by molar-refractivity contribution is -0.143. The summed E-state index contributed by atoms with van der Waals surface area (Å²) in [6, 6.07) is 1.85. The summed E-state index contributed by atoms with van der Waals surface area (Å²) in [7, 11) is 1.02. The Morgan fingerprint density at radius 2 is 1.88 bits per heavy atom. The van der Waals surface area contributed by atoms with Crippen molar-refractivity contribution in [3.63, 3.8) is 0 Å². The molecule has 1 atom stereocenters. The Balaban J connectivity index is 2.31. The summed E-state index contributed by atoms with van der Waals surface area (Å²) < 4.78 is 22.6. The van der Waals surface area contributed by atoms with E-state index >= 15 is 0 Å². The summed E-state index contributed by atoms with van der Waals surface area (Å²) in [5.74, 6) is 0.00519. The quantitative estimate of drug-likeness (QED) is 0.588. The highest BCUT2D eigenvalue weighted by molar-refractivity contribution is 6.48. The fourth-order valence-corrected chi connectivity index (χ4v) is 2.57. The van der Waals surface area contributed by atoms with E-state index in [1.54, 1.807) is 26.4 Å². The molecule has 1 fully saturated rings. The fraction of sp³-hybridized carbons (Fsp3) is 0.647. The second-order valence-corrected chi connectivity index (χ2v) is 6.90. The molecular weight excluding hydrogens is 309 g/mol. The lowest BCUT2D eigenvalue weighted by Gasteiger charge is -2.32. The Morgan fingerprint density at radius 1 is 1.25 bits per heavy atom. The van der Waals surface area contributed by atoms with Crippen LogP contribution < -0.4 is 4.74 Å². The van der Waals surface area contributed by atoms with Crippen LogP contribution in [0, 0.1) is 0 Å². The number of hydrogen-bond acceptors (Lipinski definition) is 6. The molecule has 132 valence electrons. The van der Waals surface area contributed by atoms with Gasteiger partial charge in [0.05, 0.1) is 37.5 Å². The maximum atomic E-state index is 12.1. The molecule has 0 amide bonds. The highest BCUT2D eigenvalue weighted by Gasteiger charge is 2.54. The van der Waals surface area contributed by atoms with Crippen LogP contribution in [0.2, 0.25) is 0 Å². The van der Waals surface area contributed by atoms with Gasteiger partial charge in [0.15, 0.2) is 0 Å². The molecule has 7 heteroatoms. The molecule has 0 aromatic carbocycles. The summed E-state index contributed by atoms with van der Waals surface area (Å²) in [6.07, 6.45) is 3.48. The van der Waals surface area contributed by atoms with Crippen LogP contribution in [0.1, 0.15) is 52.4 Å². The third-order valence-electron chi connectivity index (χ3n) is 4.69. The molecule has 6 nitrogen and oxygen atoms in total. The molecule has 1 aliphatic rings. The molecule has 1 saturated heterocycles. The molecule has 1 aromatic heterocycles. The molecule has 0 bridgehead atoms. The van der Waals surface area contributed by atoms with Crippen LogP contribution in [-0.4, -0.2) is 43.0 Å². The lowest BCUT2D eigenvalue weighted by atomic mass is 9.66. The highest BCUT2D eigenvalue weighted by atomic mass is 16.7. The van der Waals surface area contributed by atoms with Crippen molar-refractivity contribution in [1.29, 1.82) is 0 Å². The van der Waals surface area contributed by atoms with Gasteiger partial charge >= 0.3 is 13.1 Å². The van der Waals surface area contributed by atoms with E-state index in [1.807, 2.05) is 33.8 Å². The van der Waals surface area contributed by atoms with Gasteiger partial charge in [-0.2, -0.15) is 0 Å². The van der Waals surface area contributed by atoms with Gasteiger partial charge in [0, 0.05) is 12.0 Å². The van der Waals surface area contributed by atoms with Gasteiger partial charge in [0.2, 0.25) is 0 Å². The summed E-state index contributed by atoms with van der Waals surface area (Å²) >= 11 is 0. The van der Waals surface area contributed by atoms with E-state index in [2.05, 4.69) is 4.98 Å². The van der Waals surface area contributed by atoms with Crippen molar-refractivity contribution < 1.29 is 23.6 Å². The molecule has 24 heavy (non-hydrogen) atoms. The molecule has 0 saturated carbocycles. The van der Waals surface area contributed by atoms with Crippen LogP contribution in [0.25, 0.3) is 0 Å². The van der Waals surface area contributed by atoms with Crippen molar-refractivity contribution in [2.24, 2.45) is 0 Å². The summed E-state index contributed by atoms with van der Waals surface area (Å²) in [4.78, 5) is 16.3. The minimum absolute atomic E-state index is 0.152. The Bertz CT molecular complexity index is 574. The average molecular weight is 335 g/mol. The second-order valence-electron chi connectivity index (χ2n) is 6.90. The van der Waals surface area contributed by atoms with E-state index in [0.29, 0.717) is 12.4 Å². The van der Waals surface area contributed by atoms with Gasteiger partial charge in [0.25, 0.3) is 0 Å². The first-order valence-electron chi connectivity index (χ1n) is 8.20. The minimum Gasteiger partial charge on any atom is -0.495 e. The number of methoxy groups -OCH3 is 1. The number of nitrogens with zero attached hydrogens (tertiary/aromatic N) is 1. The predicted molar refractivity (Wildman–Crippen MR) is 90.9 cm³/mol. The third kappa shape index (κ3) is 3.90. The Hall–Kier alpha value is -1.60. The molecule has 1 unspecified atom stereocenters. The topological polar surface area (TPSA) is 66.9 Å². The molecular formula is C17H26BNO5. The van der Waals surface area contributed by atoms with Crippen molar-refractivity contribution in [2.75, 3.05) is 13.7 Å². The van der Waals surface area contributed by atoms with E-state index in [9.17, 15) is 4.79 Å². The normalized spacial score (nSPS) is 19.8. The van der Waals surface area contributed by atoms with Gasteiger partial charge in [-0.25, -0.2) is 0 Å². The van der Waals surface area contributed by atoms with Gasteiger partial charge < -0.3 is 18.8 Å². The van der Waals surface area contributed by atoms with Crippen LogP contribution in [0.4, 0.5) is 0 Å². The minimum atomic E-state index is -0.562. The van der Waals surface area contributed by atoms with E-state index < -0.39 is 18.3 Å². The van der Waals surface area contributed by atoms with E-state index in [1.165, 1.54) is 0 Å². The molecule has 0 radical (unpaired) electrons. The zero-order valence-corrected chi connectivity index (χ0v) is 15.3. The van der Waals surface area contributed by atoms with Crippen LogP contribution in [0.3, 0.4) is 0 Å². The Kier molecular flexibility index (Phi) is 5.55. The third-order valence-corrected chi connectivity index (χ3v) is 4.69. The van der Waals surface area contributed by atoms with Crippen LogP contribution in [0.15, 0.2) is 18.5 Å². The van der Waals surface area contributed by atoms with Crippen molar-refractivity contribution in [3.05, 3.63) is 24.0 Å². The zero-order chi connectivity index (χ0) is 18.0. The highest BCUT2D eigenvalue weighted by Crippen LogP contribution is 2.42. The second kappa shape index (κ2) is 7.11. The SMILES string of the molecule is CCOC(=O)CC(B1OC(C)(C)C(C)(C)O1)c1cncc(OC)c1. The maximum Gasteiger partial charge on any atom is 0.466 e. The van der Waals surface area contributed by atoms with E-state index in [0.717, 1.165) is 5.56 Å². The van der Waals surface area contributed by atoms with Crippen molar-refractivity contribution >= 4 is 13.1 Å². The number of pyridine rings is 1. The number of hydrogen-bond donors (Lipinski definition) is 0. The first-order valence-corrected chi connectivity index (χ1v) is 8.20. The maximum absolute atomic E-state index is 12.1. The number of carbonyl (C=O) groups excluding carboxylic acids is 1. The molecule has 0 aliphatic carbocycles. The monoisotopic (exact) mass is 335 g/mol. The van der Waals surface area contributed by atoms with Gasteiger partial charge in [-0.15, -0.1) is 0 Å². The fourth-order valence-electron chi connectivity index (χ4n) is 2.57.